The lowest BCUT2D eigenvalue weighted by Gasteiger charge is -2.32. The maximum atomic E-state index is 12.9. The van der Waals surface area contributed by atoms with Crippen LogP contribution in [-0.4, -0.2) is 40.6 Å². The number of hydrogen-bond acceptors (Lipinski definition) is 3. The number of carbonyl (C=O) groups is 1. The molecule has 3 aromatic rings. The largest absolute Gasteiger partial charge is 0.481 e. The molecule has 1 aromatic carbocycles. The number of rotatable bonds is 3. The van der Waals surface area contributed by atoms with E-state index < -0.39 is 0 Å². The van der Waals surface area contributed by atoms with Gasteiger partial charge in [-0.25, -0.2) is 4.98 Å². The molecule has 5 heteroatoms. The highest BCUT2D eigenvalue weighted by Crippen LogP contribution is 2.27. The van der Waals surface area contributed by atoms with E-state index >= 15 is 0 Å². The predicted octanol–water partition coefficient (Wildman–Crippen LogP) is 3.52. The summed E-state index contributed by atoms with van der Waals surface area (Å²) in [6.07, 6.45) is 6.12. The Morgan fingerprint density at radius 1 is 1.12 bits per heavy atom. The fourth-order valence-electron chi connectivity index (χ4n) is 3.55. The minimum atomic E-state index is -0.0185. The Bertz CT molecular complexity index is 881. The number of amides is 1. The monoisotopic (exact) mass is 335 g/mol. The molecular formula is C20H21N3O2. The van der Waals surface area contributed by atoms with E-state index in [0.29, 0.717) is 17.6 Å². The normalized spacial score (nSPS) is 15.5. The van der Waals surface area contributed by atoms with E-state index in [-0.39, 0.29) is 5.91 Å². The number of hydrogen-bond donors (Lipinski definition) is 0. The number of fused-ring (bicyclic) bond motifs is 1. The first-order valence-electron chi connectivity index (χ1n) is 8.62. The molecule has 4 rings (SSSR count). The van der Waals surface area contributed by atoms with Crippen LogP contribution in [0.2, 0.25) is 0 Å². The smallest absolute Gasteiger partial charge is 0.272 e. The number of pyridine rings is 1. The van der Waals surface area contributed by atoms with Crippen molar-refractivity contribution in [3.05, 3.63) is 60.6 Å². The minimum absolute atomic E-state index is 0.0185. The first-order chi connectivity index (χ1) is 12.3. The van der Waals surface area contributed by atoms with E-state index in [4.69, 9.17) is 4.74 Å². The molecule has 0 atom stereocenters. The zero-order valence-electron chi connectivity index (χ0n) is 14.3. The Morgan fingerprint density at radius 2 is 1.84 bits per heavy atom. The van der Waals surface area contributed by atoms with Gasteiger partial charge in [0.05, 0.1) is 7.11 Å². The van der Waals surface area contributed by atoms with E-state index in [1.807, 2.05) is 47.4 Å². The van der Waals surface area contributed by atoms with E-state index in [0.717, 1.165) is 36.7 Å². The molecule has 1 amide bonds. The summed E-state index contributed by atoms with van der Waals surface area (Å²) in [7, 11) is 1.59. The summed E-state index contributed by atoms with van der Waals surface area (Å²) in [6, 6.07) is 14.3. The number of methoxy groups -OCH3 is 1. The number of ether oxygens (including phenoxy) is 1. The van der Waals surface area contributed by atoms with Crippen molar-refractivity contribution in [2.75, 3.05) is 20.2 Å². The molecule has 0 saturated carbocycles. The fraction of sp³-hybridized carbons (Fsp3) is 0.300. The first-order valence-corrected chi connectivity index (χ1v) is 8.62. The molecule has 0 N–H and O–H groups in total. The maximum Gasteiger partial charge on any atom is 0.272 e. The highest BCUT2D eigenvalue weighted by Gasteiger charge is 2.25. The summed E-state index contributed by atoms with van der Waals surface area (Å²) >= 11 is 0. The van der Waals surface area contributed by atoms with Crippen LogP contribution in [0.3, 0.4) is 0 Å². The predicted molar refractivity (Wildman–Crippen MR) is 96.9 cm³/mol. The Balaban J connectivity index is 1.54. The van der Waals surface area contributed by atoms with Crippen LogP contribution in [0.15, 0.2) is 54.9 Å². The summed E-state index contributed by atoms with van der Waals surface area (Å²) in [5, 5.41) is 1.90. The van der Waals surface area contributed by atoms with Gasteiger partial charge >= 0.3 is 0 Å². The van der Waals surface area contributed by atoms with Crippen LogP contribution < -0.4 is 4.74 Å². The average Bonchev–Trinajstić information content (AvgIpc) is 3.21. The van der Waals surface area contributed by atoms with Gasteiger partial charge in [0.1, 0.15) is 5.69 Å². The van der Waals surface area contributed by atoms with Gasteiger partial charge in [0.25, 0.3) is 5.91 Å². The van der Waals surface area contributed by atoms with Crippen LogP contribution in [0.25, 0.3) is 10.8 Å². The summed E-state index contributed by atoms with van der Waals surface area (Å²) < 4.78 is 7.62. The van der Waals surface area contributed by atoms with E-state index in [1.54, 1.807) is 7.11 Å². The second-order valence-corrected chi connectivity index (χ2v) is 6.39. The van der Waals surface area contributed by atoms with Crippen LogP contribution in [0, 0.1) is 0 Å². The van der Waals surface area contributed by atoms with Gasteiger partial charge < -0.3 is 14.2 Å². The number of benzene rings is 1. The molecule has 2 aromatic heterocycles. The molecule has 3 heterocycles. The van der Waals surface area contributed by atoms with Crippen LogP contribution in [0.1, 0.15) is 29.4 Å². The zero-order valence-corrected chi connectivity index (χ0v) is 14.3. The average molecular weight is 335 g/mol. The second-order valence-electron chi connectivity index (χ2n) is 6.39. The van der Waals surface area contributed by atoms with Gasteiger partial charge in [-0.05, 0) is 42.5 Å². The summed E-state index contributed by atoms with van der Waals surface area (Å²) in [5.41, 5.74) is 0.454. The van der Waals surface area contributed by atoms with Gasteiger partial charge in [-0.15, -0.1) is 0 Å². The van der Waals surface area contributed by atoms with Crippen LogP contribution in [-0.2, 0) is 0 Å². The van der Waals surface area contributed by atoms with E-state index in [2.05, 4.69) is 21.9 Å². The molecule has 25 heavy (non-hydrogen) atoms. The molecule has 1 aliphatic rings. The zero-order chi connectivity index (χ0) is 17.2. The Morgan fingerprint density at radius 3 is 2.56 bits per heavy atom. The lowest BCUT2D eigenvalue weighted by Crippen LogP contribution is -2.39. The molecule has 0 aliphatic carbocycles. The third-order valence-corrected chi connectivity index (χ3v) is 4.92. The standard InChI is InChI=1S/C20H21N3O2/c1-25-19-17-7-3-2-6-15(17)14-18(21-19)20(24)23-12-8-16(9-13-23)22-10-4-5-11-22/h2-7,10-11,14,16H,8-9,12-13H2,1H3. The van der Waals surface area contributed by atoms with Crippen molar-refractivity contribution in [1.82, 2.24) is 14.5 Å². The van der Waals surface area contributed by atoms with E-state index in [1.165, 1.54) is 0 Å². The summed E-state index contributed by atoms with van der Waals surface area (Å²) in [6.45, 7) is 1.50. The lowest BCUT2D eigenvalue weighted by atomic mass is 10.0. The number of carbonyl (C=O) groups excluding carboxylic acids is 1. The van der Waals surface area contributed by atoms with Gasteiger partial charge in [0.2, 0.25) is 5.88 Å². The van der Waals surface area contributed by atoms with Gasteiger partial charge in [-0.3, -0.25) is 4.79 Å². The Kier molecular flexibility index (Phi) is 4.14. The van der Waals surface area contributed by atoms with Crippen molar-refractivity contribution in [1.29, 1.82) is 0 Å². The van der Waals surface area contributed by atoms with Gasteiger partial charge in [0, 0.05) is 36.9 Å². The first kappa shape index (κ1) is 15.7. The second kappa shape index (κ2) is 6.59. The maximum absolute atomic E-state index is 12.9. The third-order valence-electron chi connectivity index (χ3n) is 4.92. The molecule has 0 unspecified atom stereocenters. The molecule has 0 bridgehead atoms. The topological polar surface area (TPSA) is 47.4 Å². The van der Waals surface area contributed by atoms with Crippen molar-refractivity contribution < 1.29 is 9.53 Å². The summed E-state index contributed by atoms with van der Waals surface area (Å²) in [4.78, 5) is 19.2. The highest BCUT2D eigenvalue weighted by molar-refractivity contribution is 5.98. The van der Waals surface area contributed by atoms with Crippen molar-refractivity contribution in [3.8, 4) is 5.88 Å². The van der Waals surface area contributed by atoms with Crippen LogP contribution >= 0.6 is 0 Å². The van der Waals surface area contributed by atoms with E-state index in [9.17, 15) is 4.79 Å². The number of piperidine rings is 1. The number of nitrogens with zero attached hydrogens (tertiary/aromatic N) is 3. The molecule has 5 nitrogen and oxygen atoms in total. The Labute approximate surface area is 146 Å². The fourth-order valence-corrected chi connectivity index (χ4v) is 3.55. The molecule has 1 aliphatic heterocycles. The molecule has 1 saturated heterocycles. The van der Waals surface area contributed by atoms with Crippen molar-refractivity contribution in [2.45, 2.75) is 18.9 Å². The van der Waals surface area contributed by atoms with Gasteiger partial charge in [-0.2, -0.15) is 0 Å². The lowest BCUT2D eigenvalue weighted by molar-refractivity contribution is 0.0688. The molecule has 0 spiro atoms. The van der Waals surface area contributed by atoms with Gasteiger partial charge in [0.15, 0.2) is 0 Å². The summed E-state index contributed by atoms with van der Waals surface area (Å²) in [5.74, 6) is 0.485. The highest BCUT2D eigenvalue weighted by atomic mass is 16.5. The Hall–Kier alpha value is -2.82. The number of likely N-dealkylation sites (tertiary alicyclic amines) is 1. The SMILES string of the molecule is COc1nc(C(=O)N2CCC(n3cccc3)CC2)cc2ccccc12. The van der Waals surface area contributed by atoms with Crippen LogP contribution in [0.5, 0.6) is 5.88 Å². The molecule has 128 valence electrons. The minimum Gasteiger partial charge on any atom is -0.481 e. The van der Waals surface area contributed by atoms with Gasteiger partial charge in [-0.1, -0.05) is 18.2 Å². The molecular weight excluding hydrogens is 314 g/mol. The van der Waals surface area contributed by atoms with Crippen molar-refractivity contribution >= 4 is 16.7 Å². The quantitative estimate of drug-likeness (QED) is 0.736. The third kappa shape index (κ3) is 2.97. The van der Waals surface area contributed by atoms with Crippen LogP contribution in [0.4, 0.5) is 0 Å². The van der Waals surface area contributed by atoms with Crippen molar-refractivity contribution in [3.63, 3.8) is 0 Å². The molecule has 0 radical (unpaired) electrons. The molecule has 1 fully saturated rings. The number of aromatic nitrogens is 2. The van der Waals surface area contributed by atoms with Crippen molar-refractivity contribution in [2.24, 2.45) is 0 Å².